The molecule has 0 radical (unpaired) electrons. The van der Waals surface area contributed by atoms with Crippen LogP contribution in [0.4, 0.5) is 11.6 Å². The van der Waals surface area contributed by atoms with Crippen LogP contribution < -0.4 is 10.6 Å². The first-order valence-electron chi connectivity index (χ1n) is 8.26. The topological polar surface area (TPSA) is 49.8 Å². The Morgan fingerprint density at radius 2 is 1.71 bits per heavy atom. The van der Waals surface area contributed by atoms with Crippen molar-refractivity contribution in [3.63, 3.8) is 0 Å². The quantitative estimate of drug-likeness (QED) is 0.824. The Morgan fingerprint density at radius 1 is 1.10 bits per heavy atom. The van der Waals surface area contributed by atoms with Gasteiger partial charge in [-0.05, 0) is 31.6 Å². The van der Waals surface area contributed by atoms with E-state index in [1.807, 2.05) is 6.07 Å². The van der Waals surface area contributed by atoms with Crippen molar-refractivity contribution in [2.45, 2.75) is 65.7 Å². The molecule has 0 unspecified atom stereocenters. The largest absolute Gasteiger partial charge is 0.370 e. The molecule has 0 aromatic carbocycles. The Bertz CT molecular complexity index is 467. The lowest BCUT2D eigenvalue weighted by atomic mass is 9.67. The molecule has 0 bridgehead atoms. The summed E-state index contributed by atoms with van der Waals surface area (Å²) in [6.45, 7) is 12.7. The average molecular weight is 290 g/mol. The molecule has 21 heavy (non-hydrogen) atoms. The van der Waals surface area contributed by atoms with Crippen LogP contribution in [0.5, 0.6) is 0 Å². The van der Waals surface area contributed by atoms with Crippen molar-refractivity contribution in [2.24, 2.45) is 5.41 Å². The van der Waals surface area contributed by atoms with Gasteiger partial charge in [-0.3, -0.25) is 0 Å². The van der Waals surface area contributed by atoms with Gasteiger partial charge in [-0.15, -0.1) is 0 Å². The molecule has 0 aliphatic heterocycles. The van der Waals surface area contributed by atoms with Gasteiger partial charge in [-0.1, -0.05) is 34.1 Å². The van der Waals surface area contributed by atoms with Crippen LogP contribution in [-0.2, 0) is 5.41 Å². The standard InChI is InChI=1S/C17H30N4/c1-6-17(9-8-10-17)12-19-14-11-13(18-7-2)20-15(21-14)16(3,4)5/h11H,6-10,12H2,1-5H3,(H2,18,19,20,21). The maximum Gasteiger partial charge on any atom is 0.138 e. The Hall–Kier alpha value is -1.32. The zero-order chi connectivity index (χ0) is 15.5. The summed E-state index contributed by atoms with van der Waals surface area (Å²) >= 11 is 0. The number of anilines is 2. The van der Waals surface area contributed by atoms with Crippen molar-refractivity contribution in [3.05, 3.63) is 11.9 Å². The van der Waals surface area contributed by atoms with Gasteiger partial charge in [0.25, 0.3) is 0 Å². The van der Waals surface area contributed by atoms with Crippen LogP contribution in [0.2, 0.25) is 0 Å². The first-order valence-corrected chi connectivity index (χ1v) is 8.26. The summed E-state index contributed by atoms with van der Waals surface area (Å²) in [5.74, 6) is 2.76. The molecule has 4 heteroatoms. The first kappa shape index (κ1) is 16.1. The molecule has 2 N–H and O–H groups in total. The molecule has 0 spiro atoms. The first-order chi connectivity index (χ1) is 9.88. The molecule has 1 aromatic rings. The fourth-order valence-electron chi connectivity index (χ4n) is 2.76. The second-order valence-corrected chi connectivity index (χ2v) is 7.30. The van der Waals surface area contributed by atoms with Gasteiger partial charge in [0.05, 0.1) is 0 Å². The molecule has 1 aliphatic carbocycles. The van der Waals surface area contributed by atoms with Crippen LogP contribution in [0.25, 0.3) is 0 Å². The smallest absolute Gasteiger partial charge is 0.138 e. The molecule has 0 saturated heterocycles. The highest BCUT2D eigenvalue weighted by atomic mass is 15.1. The molecular formula is C17H30N4. The van der Waals surface area contributed by atoms with Crippen LogP contribution in [0.15, 0.2) is 6.07 Å². The zero-order valence-corrected chi connectivity index (χ0v) is 14.2. The summed E-state index contributed by atoms with van der Waals surface area (Å²) in [5.41, 5.74) is 0.450. The van der Waals surface area contributed by atoms with Crippen molar-refractivity contribution < 1.29 is 0 Å². The molecule has 1 aliphatic rings. The van der Waals surface area contributed by atoms with E-state index in [4.69, 9.17) is 4.98 Å². The van der Waals surface area contributed by atoms with E-state index >= 15 is 0 Å². The summed E-state index contributed by atoms with van der Waals surface area (Å²) < 4.78 is 0. The highest BCUT2D eigenvalue weighted by Gasteiger charge is 2.34. The van der Waals surface area contributed by atoms with E-state index in [9.17, 15) is 0 Å². The van der Waals surface area contributed by atoms with Crippen molar-refractivity contribution in [1.82, 2.24) is 9.97 Å². The Morgan fingerprint density at radius 3 is 2.14 bits per heavy atom. The number of aromatic nitrogens is 2. The molecule has 1 saturated carbocycles. The van der Waals surface area contributed by atoms with Gasteiger partial charge in [0.15, 0.2) is 0 Å². The normalized spacial score (nSPS) is 17.2. The lowest BCUT2D eigenvalue weighted by Crippen LogP contribution is -2.36. The van der Waals surface area contributed by atoms with Gasteiger partial charge in [-0.2, -0.15) is 0 Å². The molecule has 1 fully saturated rings. The van der Waals surface area contributed by atoms with E-state index in [0.29, 0.717) is 5.41 Å². The Kier molecular flexibility index (Phi) is 4.74. The lowest BCUT2D eigenvalue weighted by molar-refractivity contribution is 0.145. The second-order valence-electron chi connectivity index (χ2n) is 7.30. The van der Waals surface area contributed by atoms with Crippen LogP contribution in [0.3, 0.4) is 0 Å². The summed E-state index contributed by atoms with van der Waals surface area (Å²) in [4.78, 5) is 9.35. The van der Waals surface area contributed by atoms with E-state index in [2.05, 4.69) is 50.2 Å². The monoisotopic (exact) mass is 290 g/mol. The number of nitrogens with one attached hydrogen (secondary N) is 2. The molecular weight excluding hydrogens is 260 g/mol. The SMILES string of the molecule is CCNc1cc(NCC2(CC)CCC2)nc(C(C)(C)C)n1. The maximum atomic E-state index is 4.72. The number of hydrogen-bond donors (Lipinski definition) is 2. The minimum Gasteiger partial charge on any atom is -0.370 e. The predicted molar refractivity (Wildman–Crippen MR) is 90.0 cm³/mol. The van der Waals surface area contributed by atoms with Crippen molar-refractivity contribution >= 4 is 11.6 Å². The van der Waals surface area contributed by atoms with Crippen LogP contribution in [0.1, 0.15) is 66.1 Å². The average Bonchev–Trinajstić information content (AvgIpc) is 2.37. The molecule has 1 heterocycles. The van der Waals surface area contributed by atoms with Crippen LogP contribution in [0, 0.1) is 5.41 Å². The van der Waals surface area contributed by atoms with Gasteiger partial charge in [-0.25, -0.2) is 9.97 Å². The number of rotatable bonds is 6. The summed E-state index contributed by atoms with van der Waals surface area (Å²) in [5, 5.41) is 6.87. The lowest BCUT2D eigenvalue weighted by Gasteiger charge is -2.41. The van der Waals surface area contributed by atoms with Crippen molar-refractivity contribution in [2.75, 3.05) is 23.7 Å². The number of hydrogen-bond acceptors (Lipinski definition) is 4. The van der Waals surface area contributed by atoms with E-state index in [-0.39, 0.29) is 5.41 Å². The Labute approximate surface area is 129 Å². The van der Waals surface area contributed by atoms with Crippen molar-refractivity contribution in [1.29, 1.82) is 0 Å². The van der Waals surface area contributed by atoms with Gasteiger partial charge < -0.3 is 10.6 Å². The third kappa shape index (κ3) is 3.86. The highest BCUT2D eigenvalue weighted by molar-refractivity contribution is 5.48. The van der Waals surface area contributed by atoms with Gasteiger partial charge >= 0.3 is 0 Å². The summed E-state index contributed by atoms with van der Waals surface area (Å²) in [7, 11) is 0. The summed E-state index contributed by atoms with van der Waals surface area (Å²) in [6, 6.07) is 2.03. The zero-order valence-electron chi connectivity index (χ0n) is 14.2. The molecule has 0 atom stereocenters. The number of nitrogens with zero attached hydrogens (tertiary/aromatic N) is 2. The van der Waals surface area contributed by atoms with E-state index in [1.165, 1.54) is 25.7 Å². The third-order valence-electron chi connectivity index (χ3n) is 4.56. The predicted octanol–water partition coefficient (Wildman–Crippen LogP) is 4.20. The molecule has 4 nitrogen and oxygen atoms in total. The van der Waals surface area contributed by atoms with Crippen LogP contribution in [-0.4, -0.2) is 23.1 Å². The van der Waals surface area contributed by atoms with E-state index in [0.717, 1.165) is 30.5 Å². The minimum absolute atomic E-state index is 0.0409. The van der Waals surface area contributed by atoms with Gasteiger partial charge in [0, 0.05) is 24.6 Å². The summed E-state index contributed by atoms with van der Waals surface area (Å²) in [6.07, 6.45) is 5.30. The fourth-order valence-corrected chi connectivity index (χ4v) is 2.76. The molecule has 2 rings (SSSR count). The highest BCUT2D eigenvalue weighted by Crippen LogP contribution is 2.43. The fraction of sp³-hybridized carbons (Fsp3) is 0.765. The van der Waals surface area contributed by atoms with E-state index < -0.39 is 0 Å². The van der Waals surface area contributed by atoms with Gasteiger partial charge in [0.1, 0.15) is 17.5 Å². The van der Waals surface area contributed by atoms with Gasteiger partial charge in [0.2, 0.25) is 0 Å². The van der Waals surface area contributed by atoms with Crippen LogP contribution >= 0.6 is 0 Å². The van der Waals surface area contributed by atoms with Crippen molar-refractivity contribution in [3.8, 4) is 0 Å². The molecule has 1 aromatic heterocycles. The van der Waals surface area contributed by atoms with E-state index in [1.54, 1.807) is 0 Å². The third-order valence-corrected chi connectivity index (χ3v) is 4.56. The molecule has 118 valence electrons. The Balaban J connectivity index is 2.15. The second kappa shape index (κ2) is 6.20. The maximum absolute atomic E-state index is 4.72. The minimum atomic E-state index is -0.0409. The molecule has 0 amide bonds.